The van der Waals surface area contributed by atoms with E-state index >= 15 is 0 Å². The third-order valence-electron chi connectivity index (χ3n) is 6.25. The van der Waals surface area contributed by atoms with Gasteiger partial charge in [0, 0.05) is 12.1 Å². The number of rotatable bonds is 4. The van der Waals surface area contributed by atoms with Crippen LogP contribution in [0.3, 0.4) is 0 Å². The monoisotopic (exact) mass is 342 g/mol. The zero-order valence-corrected chi connectivity index (χ0v) is 14.7. The Morgan fingerprint density at radius 2 is 1.60 bits per heavy atom. The lowest BCUT2D eigenvalue weighted by molar-refractivity contribution is -0.0135. The Balaban J connectivity index is 1.31. The predicted octanol–water partition coefficient (Wildman–Crippen LogP) is 3.24. The second kappa shape index (κ2) is 6.36. The highest BCUT2D eigenvalue weighted by Gasteiger charge is 2.51. The topological polar surface area (TPSA) is 67.4 Å². The van der Waals surface area contributed by atoms with Crippen LogP contribution in [-0.4, -0.2) is 24.6 Å². The van der Waals surface area contributed by atoms with E-state index in [1.54, 1.807) is 12.1 Å². The minimum Gasteiger partial charge on any atom is -0.465 e. The van der Waals surface area contributed by atoms with E-state index in [-0.39, 0.29) is 17.5 Å². The normalized spacial score (nSPS) is 32.3. The van der Waals surface area contributed by atoms with Gasteiger partial charge in [-0.15, -0.1) is 0 Å². The molecule has 0 aromatic heterocycles. The number of hydrogen-bond acceptors (Lipinski definition) is 3. The highest BCUT2D eigenvalue weighted by atomic mass is 16.5. The summed E-state index contributed by atoms with van der Waals surface area (Å²) in [6.07, 6.45) is 7.57. The number of amides is 2. The molecule has 2 N–H and O–H groups in total. The largest absolute Gasteiger partial charge is 0.465 e. The molecule has 0 radical (unpaired) electrons. The first-order chi connectivity index (χ1) is 12.0. The Bertz CT molecular complexity index is 633. The first-order valence-corrected chi connectivity index (χ1v) is 9.28. The molecule has 0 saturated heterocycles. The molecule has 0 heterocycles. The van der Waals surface area contributed by atoms with Gasteiger partial charge >= 0.3 is 12.0 Å². The fraction of sp³-hybridized carbons (Fsp3) is 0.600. The van der Waals surface area contributed by atoms with Crippen molar-refractivity contribution in [2.24, 2.45) is 17.8 Å². The number of methoxy groups -OCH3 is 1. The van der Waals surface area contributed by atoms with Gasteiger partial charge in [0.15, 0.2) is 0 Å². The highest BCUT2D eigenvalue weighted by Crippen LogP contribution is 2.55. The molecular formula is C20H26N2O3. The van der Waals surface area contributed by atoms with Gasteiger partial charge in [-0.3, -0.25) is 0 Å². The van der Waals surface area contributed by atoms with E-state index in [4.69, 9.17) is 0 Å². The molecule has 0 unspecified atom stereocenters. The van der Waals surface area contributed by atoms with Crippen molar-refractivity contribution in [2.75, 3.05) is 7.11 Å². The van der Waals surface area contributed by atoms with Crippen LogP contribution in [0.1, 0.15) is 54.4 Å². The van der Waals surface area contributed by atoms with Crippen LogP contribution in [-0.2, 0) is 11.3 Å². The number of carbonyl (C=O) groups excluding carboxylic acids is 2. The number of ether oxygens (including phenoxy) is 1. The molecule has 4 bridgehead atoms. The van der Waals surface area contributed by atoms with E-state index in [0.717, 1.165) is 42.6 Å². The smallest absolute Gasteiger partial charge is 0.337 e. The summed E-state index contributed by atoms with van der Waals surface area (Å²) in [5, 5.41) is 6.28. The van der Waals surface area contributed by atoms with Crippen molar-refractivity contribution < 1.29 is 14.3 Å². The predicted molar refractivity (Wildman–Crippen MR) is 94.1 cm³/mol. The fourth-order valence-corrected chi connectivity index (χ4v) is 5.61. The molecule has 1 aromatic carbocycles. The molecular weight excluding hydrogens is 316 g/mol. The molecule has 25 heavy (non-hydrogen) atoms. The third-order valence-corrected chi connectivity index (χ3v) is 6.25. The molecule has 5 heteroatoms. The maximum absolute atomic E-state index is 12.4. The number of carbonyl (C=O) groups is 2. The maximum Gasteiger partial charge on any atom is 0.337 e. The summed E-state index contributed by atoms with van der Waals surface area (Å²) >= 11 is 0. The maximum atomic E-state index is 12.4. The summed E-state index contributed by atoms with van der Waals surface area (Å²) in [7, 11) is 1.37. The van der Waals surface area contributed by atoms with Crippen LogP contribution < -0.4 is 10.6 Å². The quantitative estimate of drug-likeness (QED) is 0.826. The Morgan fingerprint density at radius 3 is 2.12 bits per heavy atom. The molecule has 1 aromatic rings. The standard InChI is InChI=1S/C20H26N2O3/c1-25-18(23)17-4-2-13(3-5-17)12-21-19(24)22-20-9-14-6-15(10-20)8-16(7-14)11-20/h2-5,14-16H,6-12H2,1H3,(H2,21,22,24). The van der Waals surface area contributed by atoms with Crippen molar-refractivity contribution in [1.29, 1.82) is 0 Å². The Kier molecular flexibility index (Phi) is 4.18. The molecule has 0 atom stereocenters. The molecule has 2 amide bonds. The SMILES string of the molecule is COC(=O)c1ccc(CNC(=O)NC23CC4CC(CC(C4)C2)C3)cc1. The van der Waals surface area contributed by atoms with Crippen molar-refractivity contribution in [1.82, 2.24) is 10.6 Å². The van der Waals surface area contributed by atoms with E-state index in [9.17, 15) is 9.59 Å². The summed E-state index contributed by atoms with van der Waals surface area (Å²) in [6, 6.07) is 7.06. The number of hydrogen-bond donors (Lipinski definition) is 2. The summed E-state index contributed by atoms with van der Waals surface area (Å²) < 4.78 is 4.69. The molecule has 4 aliphatic rings. The third kappa shape index (κ3) is 3.37. The average Bonchev–Trinajstić information content (AvgIpc) is 2.58. The molecule has 4 saturated carbocycles. The van der Waals surface area contributed by atoms with Crippen molar-refractivity contribution in [3.05, 3.63) is 35.4 Å². The van der Waals surface area contributed by atoms with Gasteiger partial charge in [0.05, 0.1) is 12.7 Å². The van der Waals surface area contributed by atoms with Gasteiger partial charge in [-0.2, -0.15) is 0 Å². The van der Waals surface area contributed by atoms with E-state index in [0.29, 0.717) is 12.1 Å². The number of nitrogens with one attached hydrogen (secondary N) is 2. The molecule has 0 aliphatic heterocycles. The molecule has 5 rings (SSSR count). The van der Waals surface area contributed by atoms with E-state index in [2.05, 4.69) is 15.4 Å². The molecule has 4 aliphatic carbocycles. The van der Waals surface area contributed by atoms with Crippen LogP contribution in [0.15, 0.2) is 24.3 Å². The van der Waals surface area contributed by atoms with Gasteiger partial charge in [0.1, 0.15) is 0 Å². The van der Waals surface area contributed by atoms with Gasteiger partial charge in [0.2, 0.25) is 0 Å². The number of esters is 1. The van der Waals surface area contributed by atoms with E-state index < -0.39 is 0 Å². The molecule has 134 valence electrons. The average molecular weight is 342 g/mol. The second-order valence-corrected chi connectivity index (χ2v) is 8.19. The summed E-state index contributed by atoms with van der Waals surface area (Å²) in [6.45, 7) is 0.458. The lowest BCUT2D eigenvalue weighted by atomic mass is 9.53. The van der Waals surface area contributed by atoms with Gasteiger partial charge in [0.25, 0.3) is 0 Å². The highest BCUT2D eigenvalue weighted by molar-refractivity contribution is 5.89. The fourth-order valence-electron chi connectivity index (χ4n) is 5.61. The first-order valence-electron chi connectivity index (χ1n) is 9.28. The van der Waals surface area contributed by atoms with Crippen LogP contribution in [0.2, 0.25) is 0 Å². The number of urea groups is 1. The van der Waals surface area contributed by atoms with Crippen LogP contribution >= 0.6 is 0 Å². The summed E-state index contributed by atoms with van der Waals surface area (Å²) in [4.78, 5) is 23.9. The summed E-state index contributed by atoms with van der Waals surface area (Å²) in [5.74, 6) is 2.10. The summed E-state index contributed by atoms with van der Waals surface area (Å²) in [5.41, 5.74) is 1.52. The van der Waals surface area contributed by atoms with Crippen LogP contribution in [0.25, 0.3) is 0 Å². The zero-order chi connectivity index (χ0) is 17.4. The lowest BCUT2D eigenvalue weighted by Gasteiger charge is -2.56. The Morgan fingerprint density at radius 1 is 1.04 bits per heavy atom. The van der Waals surface area contributed by atoms with Crippen LogP contribution in [0.5, 0.6) is 0 Å². The van der Waals surface area contributed by atoms with E-state index in [1.165, 1.54) is 26.4 Å². The number of benzene rings is 1. The molecule has 4 fully saturated rings. The van der Waals surface area contributed by atoms with Gasteiger partial charge < -0.3 is 15.4 Å². The van der Waals surface area contributed by atoms with Crippen molar-refractivity contribution >= 4 is 12.0 Å². The second-order valence-electron chi connectivity index (χ2n) is 8.19. The van der Waals surface area contributed by atoms with Gasteiger partial charge in [-0.05, 0) is 74.0 Å². The molecule has 0 spiro atoms. The minimum atomic E-state index is -0.348. The van der Waals surface area contributed by atoms with Crippen LogP contribution in [0, 0.1) is 17.8 Å². The zero-order valence-electron chi connectivity index (χ0n) is 14.7. The lowest BCUT2D eigenvalue weighted by Crippen LogP contribution is -2.61. The van der Waals surface area contributed by atoms with E-state index in [1.807, 2.05) is 12.1 Å². The minimum absolute atomic E-state index is 0.0353. The van der Waals surface area contributed by atoms with Crippen LogP contribution in [0.4, 0.5) is 4.79 Å². The first kappa shape index (κ1) is 16.4. The van der Waals surface area contributed by atoms with Gasteiger partial charge in [-0.25, -0.2) is 9.59 Å². The Hall–Kier alpha value is -2.04. The molecule has 5 nitrogen and oxygen atoms in total. The Labute approximate surface area is 148 Å². The van der Waals surface area contributed by atoms with Crippen molar-refractivity contribution in [3.8, 4) is 0 Å². The van der Waals surface area contributed by atoms with Gasteiger partial charge in [-0.1, -0.05) is 12.1 Å². The van der Waals surface area contributed by atoms with Crippen molar-refractivity contribution in [3.63, 3.8) is 0 Å². The van der Waals surface area contributed by atoms with Crippen molar-refractivity contribution in [2.45, 2.75) is 50.6 Å².